The summed E-state index contributed by atoms with van der Waals surface area (Å²) in [6, 6.07) is 9.43. The van der Waals surface area contributed by atoms with E-state index in [1.165, 1.54) is 4.88 Å². The normalized spacial score (nSPS) is 10.8. The molecule has 0 spiro atoms. The maximum Gasteiger partial charge on any atom is 0.292 e. The third kappa shape index (κ3) is 3.55. The van der Waals surface area contributed by atoms with Gasteiger partial charge in [0.1, 0.15) is 5.69 Å². The van der Waals surface area contributed by atoms with Gasteiger partial charge in [-0.05, 0) is 30.1 Å². The number of nitrogens with one attached hydrogen (secondary N) is 1. The Morgan fingerprint density at radius 3 is 2.75 bits per heavy atom. The van der Waals surface area contributed by atoms with Crippen molar-refractivity contribution in [3.63, 3.8) is 0 Å². The van der Waals surface area contributed by atoms with Crippen molar-refractivity contribution in [3.05, 3.63) is 56.3 Å². The highest BCUT2D eigenvalue weighted by Gasteiger charge is 2.14. The average Bonchev–Trinajstić information content (AvgIpc) is 2.91. The second-order valence-corrected chi connectivity index (χ2v) is 5.64. The Morgan fingerprint density at radius 1 is 1.35 bits per heavy atom. The molecule has 6 heteroatoms. The first-order valence-electron chi connectivity index (χ1n) is 6.26. The van der Waals surface area contributed by atoms with E-state index in [9.17, 15) is 10.1 Å². The van der Waals surface area contributed by atoms with Crippen molar-refractivity contribution in [2.75, 3.05) is 19.4 Å². The fraction of sp³-hybridized carbons (Fsp3) is 0.286. The molecule has 0 aliphatic carbocycles. The summed E-state index contributed by atoms with van der Waals surface area (Å²) in [5.74, 6) is 0. The van der Waals surface area contributed by atoms with Gasteiger partial charge >= 0.3 is 0 Å². The number of nitro groups is 1. The first-order valence-corrected chi connectivity index (χ1v) is 7.14. The fourth-order valence-corrected chi connectivity index (χ4v) is 2.86. The van der Waals surface area contributed by atoms with E-state index in [1.54, 1.807) is 30.5 Å². The maximum absolute atomic E-state index is 11.0. The molecule has 0 unspecified atom stereocenters. The summed E-state index contributed by atoms with van der Waals surface area (Å²) in [5.41, 5.74) is 1.60. The lowest BCUT2D eigenvalue weighted by molar-refractivity contribution is -0.384. The van der Waals surface area contributed by atoms with E-state index >= 15 is 0 Å². The van der Waals surface area contributed by atoms with Crippen LogP contribution < -0.4 is 5.32 Å². The Kier molecular flexibility index (Phi) is 4.70. The Bertz CT molecular complexity index is 584. The van der Waals surface area contributed by atoms with E-state index < -0.39 is 0 Å². The Morgan fingerprint density at radius 2 is 2.15 bits per heavy atom. The van der Waals surface area contributed by atoms with E-state index in [2.05, 4.69) is 21.7 Å². The molecule has 2 aromatic rings. The molecule has 1 aromatic carbocycles. The molecule has 1 aromatic heterocycles. The summed E-state index contributed by atoms with van der Waals surface area (Å²) in [7, 11) is 3.70. The van der Waals surface area contributed by atoms with E-state index in [0.717, 1.165) is 12.1 Å². The van der Waals surface area contributed by atoms with E-state index in [4.69, 9.17) is 0 Å². The maximum atomic E-state index is 11.0. The quantitative estimate of drug-likeness (QED) is 0.655. The van der Waals surface area contributed by atoms with Crippen molar-refractivity contribution in [2.24, 2.45) is 0 Å². The summed E-state index contributed by atoms with van der Waals surface area (Å²) in [5, 5.41) is 15.9. The van der Waals surface area contributed by atoms with Gasteiger partial charge in [-0.2, -0.15) is 0 Å². The molecule has 0 saturated heterocycles. The molecule has 1 heterocycles. The topological polar surface area (TPSA) is 58.4 Å². The number of rotatable bonds is 6. The monoisotopic (exact) mass is 291 g/mol. The smallest absolute Gasteiger partial charge is 0.292 e. The van der Waals surface area contributed by atoms with Crippen LogP contribution in [0.25, 0.3) is 0 Å². The number of nitrogens with zero attached hydrogens (tertiary/aromatic N) is 2. The van der Waals surface area contributed by atoms with Gasteiger partial charge in [0.2, 0.25) is 0 Å². The molecule has 20 heavy (non-hydrogen) atoms. The van der Waals surface area contributed by atoms with Gasteiger partial charge in [-0.1, -0.05) is 12.1 Å². The summed E-state index contributed by atoms with van der Waals surface area (Å²) in [4.78, 5) is 14.1. The SMILES string of the molecule is CNc1ccc(CN(C)Cc2cccs2)cc1[N+](=O)[O-]. The summed E-state index contributed by atoms with van der Waals surface area (Å²) in [6.07, 6.45) is 0. The lowest BCUT2D eigenvalue weighted by Gasteiger charge is -2.16. The van der Waals surface area contributed by atoms with Crippen LogP contribution in [0, 0.1) is 10.1 Å². The van der Waals surface area contributed by atoms with Crippen molar-refractivity contribution in [1.29, 1.82) is 0 Å². The molecular weight excluding hydrogens is 274 g/mol. The number of nitro benzene ring substituents is 1. The molecule has 106 valence electrons. The lowest BCUT2D eigenvalue weighted by Crippen LogP contribution is -2.16. The van der Waals surface area contributed by atoms with Gasteiger partial charge in [-0.25, -0.2) is 0 Å². The van der Waals surface area contributed by atoms with Gasteiger partial charge in [-0.15, -0.1) is 11.3 Å². The van der Waals surface area contributed by atoms with E-state index in [1.807, 2.05) is 19.2 Å². The molecule has 0 amide bonds. The van der Waals surface area contributed by atoms with Crippen LogP contribution in [0.5, 0.6) is 0 Å². The number of hydrogen-bond donors (Lipinski definition) is 1. The van der Waals surface area contributed by atoms with Crippen molar-refractivity contribution < 1.29 is 4.92 Å². The van der Waals surface area contributed by atoms with Crippen LogP contribution in [0.4, 0.5) is 11.4 Å². The number of anilines is 1. The molecule has 0 bridgehead atoms. The Labute approximate surface area is 122 Å². The Balaban J connectivity index is 2.09. The van der Waals surface area contributed by atoms with Gasteiger partial charge in [0.15, 0.2) is 0 Å². The van der Waals surface area contributed by atoms with Gasteiger partial charge in [-0.3, -0.25) is 15.0 Å². The molecule has 0 saturated carbocycles. The molecule has 2 rings (SSSR count). The lowest BCUT2D eigenvalue weighted by atomic mass is 10.1. The van der Waals surface area contributed by atoms with Crippen LogP contribution in [0.1, 0.15) is 10.4 Å². The number of benzene rings is 1. The van der Waals surface area contributed by atoms with Crippen LogP contribution >= 0.6 is 11.3 Å². The van der Waals surface area contributed by atoms with Crippen molar-refractivity contribution in [3.8, 4) is 0 Å². The third-order valence-corrected chi connectivity index (χ3v) is 3.85. The zero-order valence-electron chi connectivity index (χ0n) is 11.5. The molecule has 0 fully saturated rings. The van der Waals surface area contributed by atoms with Crippen LogP contribution in [0.3, 0.4) is 0 Å². The highest BCUT2D eigenvalue weighted by molar-refractivity contribution is 7.09. The Hall–Kier alpha value is -1.92. The zero-order valence-corrected chi connectivity index (χ0v) is 12.3. The first kappa shape index (κ1) is 14.5. The minimum atomic E-state index is -0.353. The minimum Gasteiger partial charge on any atom is -0.383 e. The van der Waals surface area contributed by atoms with E-state index in [-0.39, 0.29) is 10.6 Å². The van der Waals surface area contributed by atoms with Crippen LogP contribution in [0.15, 0.2) is 35.7 Å². The summed E-state index contributed by atoms with van der Waals surface area (Å²) >= 11 is 1.72. The fourth-order valence-electron chi connectivity index (χ4n) is 2.07. The van der Waals surface area contributed by atoms with Crippen molar-refractivity contribution >= 4 is 22.7 Å². The molecule has 0 radical (unpaired) electrons. The molecular formula is C14H17N3O2S. The predicted molar refractivity (Wildman–Crippen MR) is 82.1 cm³/mol. The average molecular weight is 291 g/mol. The van der Waals surface area contributed by atoms with Gasteiger partial charge in [0.05, 0.1) is 4.92 Å². The van der Waals surface area contributed by atoms with Gasteiger partial charge in [0, 0.05) is 31.1 Å². The van der Waals surface area contributed by atoms with Crippen LogP contribution in [-0.4, -0.2) is 23.9 Å². The molecule has 0 aliphatic rings. The van der Waals surface area contributed by atoms with Crippen molar-refractivity contribution in [2.45, 2.75) is 13.1 Å². The predicted octanol–water partition coefficient (Wildman–Crippen LogP) is 3.33. The van der Waals surface area contributed by atoms with Crippen molar-refractivity contribution in [1.82, 2.24) is 4.90 Å². The second-order valence-electron chi connectivity index (χ2n) is 4.61. The first-order chi connectivity index (χ1) is 9.60. The van der Waals surface area contributed by atoms with Gasteiger partial charge in [0.25, 0.3) is 5.69 Å². The molecule has 0 aliphatic heterocycles. The summed E-state index contributed by atoms with van der Waals surface area (Å²) in [6.45, 7) is 1.53. The zero-order chi connectivity index (χ0) is 14.5. The largest absolute Gasteiger partial charge is 0.383 e. The van der Waals surface area contributed by atoms with E-state index in [0.29, 0.717) is 12.2 Å². The highest BCUT2D eigenvalue weighted by atomic mass is 32.1. The van der Waals surface area contributed by atoms with Gasteiger partial charge < -0.3 is 5.32 Å². The standard InChI is InChI=1S/C14H17N3O2S/c1-15-13-6-5-11(8-14(13)17(18)19)9-16(2)10-12-4-3-7-20-12/h3-8,15H,9-10H2,1-2H3. The molecule has 0 atom stereocenters. The minimum absolute atomic E-state index is 0.120. The molecule has 5 nitrogen and oxygen atoms in total. The number of thiophene rings is 1. The number of hydrogen-bond acceptors (Lipinski definition) is 5. The molecule has 1 N–H and O–H groups in total. The summed E-state index contributed by atoms with van der Waals surface area (Å²) < 4.78 is 0. The van der Waals surface area contributed by atoms with Crippen LogP contribution in [0.2, 0.25) is 0 Å². The second kappa shape index (κ2) is 6.49. The van der Waals surface area contributed by atoms with Crippen LogP contribution in [-0.2, 0) is 13.1 Å². The third-order valence-electron chi connectivity index (χ3n) is 2.99. The highest BCUT2D eigenvalue weighted by Crippen LogP contribution is 2.25.